The van der Waals surface area contributed by atoms with Crippen molar-refractivity contribution in [1.29, 1.82) is 0 Å². The smallest absolute Gasteiger partial charge is 0.227 e. The van der Waals surface area contributed by atoms with E-state index in [9.17, 15) is 9.59 Å². The molecule has 5 rings (SSSR count). The third kappa shape index (κ3) is 3.89. The number of likely N-dealkylation sites (N-methyl/N-ethyl adjacent to an activating group) is 1. The fraction of sp³-hybridized carbons (Fsp3) is 0.481. The van der Waals surface area contributed by atoms with Crippen LogP contribution in [0, 0.1) is 17.3 Å². The summed E-state index contributed by atoms with van der Waals surface area (Å²) < 4.78 is 5.37. The Kier molecular flexibility index (Phi) is 5.44. The van der Waals surface area contributed by atoms with Crippen molar-refractivity contribution in [3.05, 3.63) is 54.1 Å². The maximum Gasteiger partial charge on any atom is 0.227 e. The second-order valence-corrected chi connectivity index (χ2v) is 9.85. The van der Waals surface area contributed by atoms with Crippen LogP contribution in [-0.4, -0.2) is 55.4 Å². The summed E-state index contributed by atoms with van der Waals surface area (Å²) in [5, 5.41) is 0. The van der Waals surface area contributed by atoms with E-state index in [-0.39, 0.29) is 23.7 Å². The molecule has 2 aromatic carbocycles. The zero-order chi connectivity index (χ0) is 22.3. The number of benzene rings is 2. The summed E-state index contributed by atoms with van der Waals surface area (Å²) in [5.74, 6) is 1.24. The molecule has 0 radical (unpaired) electrons. The fourth-order valence-corrected chi connectivity index (χ4v) is 5.55. The van der Waals surface area contributed by atoms with Crippen LogP contribution in [0.4, 0.5) is 0 Å². The number of nitrogens with zero attached hydrogens (tertiary/aromatic N) is 2. The molecule has 2 atom stereocenters. The van der Waals surface area contributed by atoms with Crippen LogP contribution in [0.25, 0.3) is 11.1 Å². The zero-order valence-corrected chi connectivity index (χ0v) is 19.0. The number of carbonyl (C=O) groups is 2. The molecule has 1 aliphatic heterocycles. The van der Waals surface area contributed by atoms with Gasteiger partial charge in [0.25, 0.3) is 0 Å². The van der Waals surface area contributed by atoms with Gasteiger partial charge in [0, 0.05) is 32.6 Å². The van der Waals surface area contributed by atoms with E-state index in [1.807, 2.05) is 36.2 Å². The van der Waals surface area contributed by atoms with Gasteiger partial charge in [0.2, 0.25) is 11.8 Å². The van der Waals surface area contributed by atoms with Gasteiger partial charge in [0.05, 0.1) is 13.0 Å². The molecule has 1 saturated heterocycles. The first-order valence-corrected chi connectivity index (χ1v) is 11.8. The minimum absolute atomic E-state index is 0.140. The van der Waals surface area contributed by atoms with Gasteiger partial charge >= 0.3 is 0 Å². The average Bonchev–Trinajstić information content (AvgIpc) is 3.58. The van der Waals surface area contributed by atoms with Gasteiger partial charge in [-0.05, 0) is 59.9 Å². The van der Waals surface area contributed by atoms with Crippen molar-refractivity contribution in [2.24, 2.45) is 17.3 Å². The van der Waals surface area contributed by atoms with Gasteiger partial charge in [0.1, 0.15) is 5.75 Å². The summed E-state index contributed by atoms with van der Waals surface area (Å²) in [5.41, 5.74) is 3.63. The first kappa shape index (κ1) is 21.0. The highest BCUT2D eigenvalue weighted by Crippen LogP contribution is 2.65. The molecule has 0 aromatic heterocycles. The summed E-state index contributed by atoms with van der Waals surface area (Å²) in [7, 11) is 3.53. The summed E-state index contributed by atoms with van der Waals surface area (Å²) >= 11 is 0. The minimum atomic E-state index is -0.205. The summed E-state index contributed by atoms with van der Waals surface area (Å²) in [6, 6.07) is 16.4. The number of amides is 2. The van der Waals surface area contributed by atoms with Gasteiger partial charge in [-0.3, -0.25) is 9.59 Å². The van der Waals surface area contributed by atoms with Crippen LogP contribution in [0.5, 0.6) is 5.75 Å². The largest absolute Gasteiger partial charge is 0.497 e. The maximum absolute atomic E-state index is 13.2. The van der Waals surface area contributed by atoms with Gasteiger partial charge in [0.15, 0.2) is 0 Å². The van der Waals surface area contributed by atoms with E-state index in [1.165, 1.54) is 19.3 Å². The topological polar surface area (TPSA) is 49.9 Å². The molecule has 5 nitrogen and oxygen atoms in total. The molecule has 0 unspecified atom stereocenters. The van der Waals surface area contributed by atoms with Crippen molar-refractivity contribution >= 4 is 11.8 Å². The Bertz CT molecular complexity index is 1030. The molecule has 32 heavy (non-hydrogen) atoms. The van der Waals surface area contributed by atoms with Crippen molar-refractivity contribution in [2.75, 3.05) is 33.8 Å². The van der Waals surface area contributed by atoms with Crippen LogP contribution in [0.2, 0.25) is 0 Å². The van der Waals surface area contributed by atoms with Gasteiger partial charge in [-0.15, -0.1) is 0 Å². The van der Waals surface area contributed by atoms with Crippen LogP contribution < -0.4 is 4.74 Å². The molecule has 1 heterocycles. The Balaban J connectivity index is 1.33. The predicted octanol–water partition coefficient (Wildman–Crippen LogP) is 4.01. The van der Waals surface area contributed by atoms with Gasteiger partial charge in [-0.25, -0.2) is 0 Å². The normalized spacial score (nSPS) is 24.1. The van der Waals surface area contributed by atoms with Gasteiger partial charge in [-0.1, -0.05) is 42.8 Å². The second kappa shape index (κ2) is 8.27. The Morgan fingerprint density at radius 3 is 2.53 bits per heavy atom. The molecular weight excluding hydrogens is 400 g/mol. The molecule has 3 fully saturated rings. The molecule has 0 bridgehead atoms. The van der Waals surface area contributed by atoms with E-state index in [0.29, 0.717) is 31.5 Å². The Hall–Kier alpha value is -2.82. The van der Waals surface area contributed by atoms with Crippen LogP contribution in [-0.2, 0) is 16.0 Å². The number of rotatable bonds is 5. The quantitative estimate of drug-likeness (QED) is 0.717. The molecule has 5 heteroatoms. The van der Waals surface area contributed by atoms with E-state index >= 15 is 0 Å². The molecule has 3 aliphatic rings. The monoisotopic (exact) mass is 432 g/mol. The van der Waals surface area contributed by atoms with Gasteiger partial charge in [-0.2, -0.15) is 0 Å². The number of ether oxygens (including phenoxy) is 1. The third-order valence-electron chi connectivity index (χ3n) is 7.83. The Morgan fingerprint density at radius 1 is 1.09 bits per heavy atom. The molecule has 2 aromatic rings. The lowest BCUT2D eigenvalue weighted by Gasteiger charge is -2.29. The van der Waals surface area contributed by atoms with Crippen LogP contribution in [0.3, 0.4) is 0 Å². The molecule has 2 amide bonds. The Morgan fingerprint density at radius 2 is 1.84 bits per heavy atom. The highest BCUT2D eigenvalue weighted by molar-refractivity contribution is 5.85. The van der Waals surface area contributed by atoms with Crippen molar-refractivity contribution in [3.63, 3.8) is 0 Å². The van der Waals surface area contributed by atoms with E-state index < -0.39 is 0 Å². The van der Waals surface area contributed by atoms with Crippen LogP contribution in [0.1, 0.15) is 31.2 Å². The third-order valence-corrected chi connectivity index (χ3v) is 7.83. The lowest BCUT2D eigenvalue weighted by atomic mass is 9.79. The maximum atomic E-state index is 13.2. The van der Waals surface area contributed by atoms with Crippen molar-refractivity contribution in [1.82, 2.24) is 9.80 Å². The second-order valence-electron chi connectivity index (χ2n) is 9.85. The summed E-state index contributed by atoms with van der Waals surface area (Å²) in [6.45, 7) is 1.79. The summed E-state index contributed by atoms with van der Waals surface area (Å²) in [6.07, 6.45) is 5.37. The van der Waals surface area contributed by atoms with Crippen molar-refractivity contribution in [3.8, 4) is 16.9 Å². The highest BCUT2D eigenvalue weighted by Gasteiger charge is 2.61. The fourth-order valence-electron chi connectivity index (χ4n) is 5.55. The first-order valence-electron chi connectivity index (χ1n) is 11.8. The number of carbonyl (C=O) groups excluding carboxylic acids is 2. The molecular formula is C27H32N2O3. The van der Waals surface area contributed by atoms with Gasteiger partial charge < -0.3 is 14.5 Å². The summed E-state index contributed by atoms with van der Waals surface area (Å²) in [4.78, 5) is 30.1. The standard InChI is InChI=1S/C27H32N2O3/c1-28-12-13-29(26(31)24-17-27(24)10-5-11-27)18-22(25(28)30)15-19-6-3-7-20(14-19)21-8-4-9-23(16-21)32-2/h3-4,6-9,14,16,22,24H,5,10-13,15,17-18H2,1-2H3/t22-,24+/m1/s1. The van der Waals surface area contributed by atoms with E-state index in [0.717, 1.165) is 28.9 Å². The lowest BCUT2D eigenvalue weighted by molar-refractivity contribution is -0.135. The zero-order valence-electron chi connectivity index (χ0n) is 19.0. The van der Waals surface area contributed by atoms with Crippen molar-refractivity contribution < 1.29 is 14.3 Å². The first-order chi connectivity index (χ1) is 15.5. The molecule has 2 aliphatic carbocycles. The van der Waals surface area contributed by atoms with Crippen molar-refractivity contribution in [2.45, 2.75) is 32.1 Å². The average molecular weight is 433 g/mol. The molecule has 0 N–H and O–H groups in total. The number of hydrogen-bond acceptors (Lipinski definition) is 3. The minimum Gasteiger partial charge on any atom is -0.497 e. The molecule has 1 spiro atoms. The van der Waals surface area contributed by atoms with E-state index in [1.54, 1.807) is 12.0 Å². The SMILES string of the molecule is COc1cccc(-c2cccc(C[C@@H]3CN(C(=O)[C@@H]4CC45CCC5)CCN(C)C3=O)c2)c1. The predicted molar refractivity (Wildman–Crippen MR) is 124 cm³/mol. The van der Waals surface area contributed by atoms with E-state index in [2.05, 4.69) is 24.3 Å². The molecule has 2 saturated carbocycles. The highest BCUT2D eigenvalue weighted by atomic mass is 16.5. The number of hydrogen-bond donors (Lipinski definition) is 0. The molecule has 168 valence electrons. The van der Waals surface area contributed by atoms with Crippen LogP contribution in [0.15, 0.2) is 48.5 Å². The van der Waals surface area contributed by atoms with E-state index in [4.69, 9.17) is 4.74 Å². The lowest BCUT2D eigenvalue weighted by Crippen LogP contribution is -2.39. The Labute approximate surface area is 190 Å². The number of methoxy groups -OCH3 is 1. The van der Waals surface area contributed by atoms with Crippen LogP contribution >= 0.6 is 0 Å².